The average Bonchev–Trinajstić information content (AvgIpc) is 2.27. The Kier molecular flexibility index (Phi) is 6.55. The number of esters is 2. The van der Waals surface area contributed by atoms with Crippen molar-refractivity contribution in [2.75, 3.05) is 12.0 Å². The van der Waals surface area contributed by atoms with Crippen LogP contribution in [0.3, 0.4) is 0 Å². The summed E-state index contributed by atoms with van der Waals surface area (Å²) in [6, 6.07) is 0. The lowest BCUT2D eigenvalue weighted by atomic mass is 10.3. The molecule has 17 heavy (non-hydrogen) atoms. The van der Waals surface area contributed by atoms with Gasteiger partial charge >= 0.3 is 18.2 Å². The molecule has 0 unspecified atom stereocenters. The summed E-state index contributed by atoms with van der Waals surface area (Å²) in [5.74, 6) is -4.59. The molecule has 7 heteroatoms. The van der Waals surface area contributed by atoms with Crippen LogP contribution in [0.25, 0.3) is 0 Å². The van der Waals surface area contributed by atoms with Gasteiger partial charge in [-0.25, -0.2) is 9.59 Å². The first-order valence-corrected chi connectivity index (χ1v) is 5.86. The molecule has 2 N–H and O–H groups in total. The van der Waals surface area contributed by atoms with Crippen molar-refractivity contribution in [1.82, 2.24) is 0 Å². The van der Waals surface area contributed by atoms with Gasteiger partial charge in [-0.1, -0.05) is 13.2 Å². The number of thioether (sulfide) groups is 1. The Balaban J connectivity index is 4.81. The molecule has 0 aliphatic carbocycles. The number of rotatable bonds is 7. The maximum absolute atomic E-state index is 11.0. The third-order valence-electron chi connectivity index (χ3n) is 1.51. The largest absolute Gasteiger partial charge is 0.416 e. The number of hydrogen-bond acceptors (Lipinski definition) is 7. The van der Waals surface area contributed by atoms with Crippen LogP contribution in [0.1, 0.15) is 0 Å². The van der Waals surface area contributed by atoms with Crippen molar-refractivity contribution in [3.63, 3.8) is 0 Å². The molecule has 0 aromatic rings. The second-order valence-corrected chi connectivity index (χ2v) is 3.79. The molecule has 0 aromatic heterocycles. The first-order chi connectivity index (χ1) is 7.87. The van der Waals surface area contributed by atoms with Gasteiger partial charge in [0.15, 0.2) is 0 Å². The summed E-state index contributed by atoms with van der Waals surface area (Å²) < 4.78 is 9.06. The highest BCUT2D eigenvalue weighted by Gasteiger charge is 2.40. The maximum atomic E-state index is 11.0. The molecule has 0 rings (SSSR count). The molecule has 0 aromatic carbocycles. The highest BCUT2D eigenvalue weighted by Crippen LogP contribution is 2.17. The van der Waals surface area contributed by atoms with E-state index in [1.807, 2.05) is 0 Å². The van der Waals surface area contributed by atoms with E-state index in [9.17, 15) is 19.8 Å². The lowest BCUT2D eigenvalue weighted by Gasteiger charge is -2.28. The van der Waals surface area contributed by atoms with E-state index < -0.39 is 24.0 Å². The number of aliphatic hydroxyl groups is 2. The van der Waals surface area contributed by atoms with E-state index in [1.165, 1.54) is 0 Å². The van der Waals surface area contributed by atoms with Gasteiger partial charge in [-0.05, 0) is 6.26 Å². The highest BCUT2D eigenvalue weighted by atomic mass is 32.2. The molecule has 0 atom stereocenters. The van der Waals surface area contributed by atoms with Crippen molar-refractivity contribution >= 4 is 23.7 Å². The molecule has 0 aliphatic rings. The zero-order chi connectivity index (χ0) is 13.5. The number of carbonyl (C=O) groups excluding carboxylic acids is 2. The quantitative estimate of drug-likeness (QED) is 0.373. The lowest BCUT2D eigenvalue weighted by Crippen LogP contribution is -2.49. The summed E-state index contributed by atoms with van der Waals surface area (Å²) in [6.07, 6.45) is 1.38. The van der Waals surface area contributed by atoms with Crippen LogP contribution in [0.5, 0.6) is 0 Å². The molecular weight excluding hydrogens is 248 g/mol. The van der Waals surface area contributed by atoms with Crippen LogP contribution in [0.15, 0.2) is 25.3 Å². The smallest absolute Gasteiger partial charge is 0.333 e. The van der Waals surface area contributed by atoms with E-state index in [4.69, 9.17) is 0 Å². The fourth-order valence-electron chi connectivity index (χ4n) is 0.800. The Hall–Kier alpha value is -1.31. The number of carbonyl (C=O) groups is 2. The molecule has 0 radical (unpaired) electrons. The second-order valence-electron chi connectivity index (χ2n) is 2.93. The van der Waals surface area contributed by atoms with Gasteiger partial charge in [0.05, 0.1) is 5.75 Å². The van der Waals surface area contributed by atoms with Crippen LogP contribution >= 0.6 is 11.8 Å². The van der Waals surface area contributed by atoms with Crippen molar-refractivity contribution in [3.8, 4) is 0 Å². The molecular formula is C10H14O6S. The molecule has 6 nitrogen and oxygen atoms in total. The number of hydrogen-bond donors (Lipinski definition) is 2. The predicted octanol–water partition coefficient (Wildman–Crippen LogP) is -0.185. The van der Waals surface area contributed by atoms with Gasteiger partial charge < -0.3 is 19.7 Å². The molecule has 0 spiro atoms. The van der Waals surface area contributed by atoms with Crippen molar-refractivity contribution in [2.45, 2.75) is 12.1 Å². The summed E-state index contributed by atoms with van der Waals surface area (Å²) in [7, 11) is 0. The van der Waals surface area contributed by atoms with E-state index in [0.717, 1.165) is 23.9 Å². The Morgan fingerprint density at radius 3 is 2.00 bits per heavy atom. The Bertz CT molecular complexity index is 290. The number of ether oxygens (including phenoxy) is 2. The molecule has 0 bridgehead atoms. The van der Waals surface area contributed by atoms with Crippen LogP contribution in [-0.2, 0) is 19.1 Å². The summed E-state index contributed by atoms with van der Waals surface area (Å²) in [6.45, 7) is 6.27. The van der Waals surface area contributed by atoms with Crippen molar-refractivity contribution in [3.05, 3.63) is 25.3 Å². The standard InChI is InChI=1S/C10H14O6S/c1-4-7(11)15-9(16-8(12)5-2)10(13,14)6-17-3/h4-5,9,13-14H,1-2,6H2,3H3. The van der Waals surface area contributed by atoms with Crippen LogP contribution in [0, 0.1) is 0 Å². The van der Waals surface area contributed by atoms with Crippen LogP contribution < -0.4 is 0 Å². The van der Waals surface area contributed by atoms with Gasteiger partial charge in [-0.15, -0.1) is 0 Å². The third-order valence-corrected chi connectivity index (χ3v) is 2.23. The second kappa shape index (κ2) is 7.10. The van der Waals surface area contributed by atoms with Gasteiger partial charge in [-0.2, -0.15) is 11.8 Å². The Morgan fingerprint density at radius 1 is 1.29 bits per heavy atom. The van der Waals surface area contributed by atoms with E-state index in [-0.39, 0.29) is 5.75 Å². The van der Waals surface area contributed by atoms with Crippen molar-refractivity contribution < 1.29 is 29.3 Å². The minimum Gasteiger partial charge on any atom is -0.416 e. The van der Waals surface area contributed by atoms with E-state index in [1.54, 1.807) is 6.26 Å². The minimum absolute atomic E-state index is 0.216. The van der Waals surface area contributed by atoms with Gasteiger partial charge in [0, 0.05) is 12.2 Å². The third kappa shape index (κ3) is 5.53. The van der Waals surface area contributed by atoms with Crippen molar-refractivity contribution in [2.24, 2.45) is 0 Å². The summed E-state index contributed by atoms with van der Waals surface area (Å²) in [5, 5.41) is 19.1. The summed E-state index contributed by atoms with van der Waals surface area (Å²) >= 11 is 1.07. The van der Waals surface area contributed by atoms with Gasteiger partial charge in [0.25, 0.3) is 0 Å². The molecule has 0 aliphatic heterocycles. The lowest BCUT2D eigenvalue weighted by molar-refractivity contribution is -0.286. The van der Waals surface area contributed by atoms with Gasteiger partial charge in [0.2, 0.25) is 5.79 Å². The molecule has 0 saturated heterocycles. The minimum atomic E-state index is -2.49. The molecule has 0 saturated carbocycles. The maximum Gasteiger partial charge on any atom is 0.333 e. The van der Waals surface area contributed by atoms with Gasteiger partial charge in [-0.3, -0.25) is 0 Å². The van der Waals surface area contributed by atoms with Gasteiger partial charge in [0.1, 0.15) is 0 Å². The molecule has 0 heterocycles. The Morgan fingerprint density at radius 2 is 1.71 bits per heavy atom. The van der Waals surface area contributed by atoms with E-state index in [2.05, 4.69) is 22.6 Å². The predicted molar refractivity (Wildman–Crippen MR) is 61.9 cm³/mol. The summed E-state index contributed by atoms with van der Waals surface area (Å²) in [4.78, 5) is 21.9. The fraction of sp³-hybridized carbons (Fsp3) is 0.400. The van der Waals surface area contributed by atoms with E-state index in [0.29, 0.717) is 0 Å². The topological polar surface area (TPSA) is 93.1 Å². The van der Waals surface area contributed by atoms with Crippen LogP contribution in [0.4, 0.5) is 0 Å². The Labute approximate surface area is 103 Å². The summed E-state index contributed by atoms with van der Waals surface area (Å²) in [5.41, 5.74) is 0. The molecule has 0 fully saturated rings. The monoisotopic (exact) mass is 262 g/mol. The zero-order valence-electron chi connectivity index (χ0n) is 9.29. The first-order valence-electron chi connectivity index (χ1n) is 4.47. The molecule has 0 amide bonds. The highest BCUT2D eigenvalue weighted by molar-refractivity contribution is 7.98. The SMILES string of the molecule is C=CC(=O)OC(OC(=O)C=C)C(O)(O)CSC. The fourth-order valence-corrected chi connectivity index (χ4v) is 1.36. The normalized spacial score (nSPS) is 10.8. The first kappa shape index (κ1) is 15.7. The van der Waals surface area contributed by atoms with Crippen molar-refractivity contribution in [1.29, 1.82) is 0 Å². The van der Waals surface area contributed by atoms with Crippen LogP contribution in [0.2, 0.25) is 0 Å². The zero-order valence-corrected chi connectivity index (χ0v) is 10.1. The van der Waals surface area contributed by atoms with Crippen LogP contribution in [-0.4, -0.2) is 46.2 Å². The average molecular weight is 262 g/mol. The van der Waals surface area contributed by atoms with E-state index >= 15 is 0 Å². The molecule has 96 valence electrons.